The van der Waals surface area contributed by atoms with Gasteiger partial charge in [-0.2, -0.15) is 0 Å². The molecule has 0 radical (unpaired) electrons. The largest absolute Gasteiger partial charge is 0.457 e. The highest BCUT2D eigenvalue weighted by atomic mass is 35.5. The van der Waals surface area contributed by atoms with Crippen LogP contribution in [0.2, 0.25) is 5.02 Å². The fourth-order valence-corrected chi connectivity index (χ4v) is 2.99. The zero-order chi connectivity index (χ0) is 17.9. The molecule has 3 aromatic carbocycles. The van der Waals surface area contributed by atoms with Crippen LogP contribution in [-0.4, -0.2) is 0 Å². The van der Waals surface area contributed by atoms with E-state index >= 15 is 0 Å². The molecule has 0 atom stereocenters. The SMILES string of the molecule is O=c1cc(Cc2ccc(Cl)cc2)c2ccc(Oc3ccccc3)cc2o1. The van der Waals surface area contributed by atoms with Gasteiger partial charge in [0.2, 0.25) is 0 Å². The van der Waals surface area contributed by atoms with Gasteiger partial charge in [0.15, 0.2) is 0 Å². The van der Waals surface area contributed by atoms with Crippen LogP contribution in [0.4, 0.5) is 0 Å². The molecule has 1 heterocycles. The molecule has 4 heteroatoms. The molecule has 0 saturated carbocycles. The van der Waals surface area contributed by atoms with E-state index in [0.29, 0.717) is 22.8 Å². The number of halogens is 1. The van der Waals surface area contributed by atoms with Crippen molar-refractivity contribution in [3.8, 4) is 11.5 Å². The smallest absolute Gasteiger partial charge is 0.336 e. The molecule has 4 rings (SSSR count). The Kier molecular flexibility index (Phi) is 4.46. The van der Waals surface area contributed by atoms with Crippen LogP contribution in [0.15, 0.2) is 88.1 Å². The number of benzene rings is 3. The lowest BCUT2D eigenvalue weighted by Crippen LogP contribution is -2.01. The Hall–Kier alpha value is -3.04. The molecule has 4 aromatic rings. The lowest BCUT2D eigenvalue weighted by Gasteiger charge is -2.09. The van der Waals surface area contributed by atoms with Gasteiger partial charge >= 0.3 is 5.63 Å². The van der Waals surface area contributed by atoms with Crippen molar-refractivity contribution in [2.75, 3.05) is 0 Å². The maximum absolute atomic E-state index is 12.0. The topological polar surface area (TPSA) is 39.4 Å². The number of hydrogen-bond donors (Lipinski definition) is 0. The highest BCUT2D eigenvalue weighted by molar-refractivity contribution is 6.30. The van der Waals surface area contributed by atoms with Crippen molar-refractivity contribution < 1.29 is 9.15 Å². The standard InChI is InChI=1S/C22H15ClO3/c23-17-8-6-15(7-9-17)12-16-13-22(24)26-21-14-19(10-11-20(16)21)25-18-4-2-1-3-5-18/h1-11,13-14H,12H2. The Morgan fingerprint density at radius 3 is 2.38 bits per heavy atom. The normalized spacial score (nSPS) is 10.8. The molecular formula is C22H15ClO3. The van der Waals surface area contributed by atoms with Crippen molar-refractivity contribution in [3.05, 3.63) is 105 Å². The second-order valence-electron chi connectivity index (χ2n) is 5.97. The summed E-state index contributed by atoms with van der Waals surface area (Å²) in [6.07, 6.45) is 0.623. The van der Waals surface area contributed by atoms with Crippen LogP contribution in [0.5, 0.6) is 11.5 Å². The molecule has 0 aliphatic heterocycles. The maximum Gasteiger partial charge on any atom is 0.336 e. The van der Waals surface area contributed by atoms with Crippen molar-refractivity contribution in [1.82, 2.24) is 0 Å². The number of rotatable bonds is 4. The molecule has 1 aromatic heterocycles. The first-order valence-electron chi connectivity index (χ1n) is 8.21. The minimum absolute atomic E-state index is 0.377. The Balaban J connectivity index is 1.70. The third-order valence-corrected chi connectivity index (χ3v) is 4.34. The Bertz CT molecular complexity index is 1100. The highest BCUT2D eigenvalue weighted by Crippen LogP contribution is 2.27. The molecular weight excluding hydrogens is 348 g/mol. The van der Waals surface area contributed by atoms with E-state index in [1.807, 2.05) is 66.7 Å². The zero-order valence-corrected chi connectivity index (χ0v) is 14.6. The van der Waals surface area contributed by atoms with Crippen LogP contribution in [0.1, 0.15) is 11.1 Å². The van der Waals surface area contributed by atoms with E-state index in [2.05, 4.69) is 0 Å². The third kappa shape index (κ3) is 3.63. The summed E-state index contributed by atoms with van der Waals surface area (Å²) in [4.78, 5) is 12.0. The summed E-state index contributed by atoms with van der Waals surface area (Å²) >= 11 is 5.94. The quantitative estimate of drug-likeness (QED) is 0.429. The van der Waals surface area contributed by atoms with Crippen molar-refractivity contribution in [2.24, 2.45) is 0 Å². The van der Waals surface area contributed by atoms with Gasteiger partial charge in [-0.15, -0.1) is 0 Å². The Labute approximate surface area is 155 Å². The van der Waals surface area contributed by atoms with Gasteiger partial charge in [-0.1, -0.05) is 41.9 Å². The van der Waals surface area contributed by atoms with E-state index in [9.17, 15) is 4.79 Å². The predicted molar refractivity (Wildman–Crippen MR) is 103 cm³/mol. The molecule has 0 fully saturated rings. The Morgan fingerprint density at radius 1 is 0.846 bits per heavy atom. The molecule has 0 aliphatic carbocycles. The van der Waals surface area contributed by atoms with Gasteiger partial charge in [-0.05, 0) is 53.9 Å². The van der Waals surface area contributed by atoms with E-state index in [0.717, 1.165) is 22.3 Å². The molecule has 26 heavy (non-hydrogen) atoms. The van der Waals surface area contributed by atoms with Crippen LogP contribution < -0.4 is 10.4 Å². The van der Waals surface area contributed by atoms with Crippen LogP contribution in [0.25, 0.3) is 11.0 Å². The van der Waals surface area contributed by atoms with Gasteiger partial charge in [0.05, 0.1) is 0 Å². The van der Waals surface area contributed by atoms with E-state index in [1.54, 1.807) is 6.07 Å². The van der Waals surface area contributed by atoms with E-state index < -0.39 is 0 Å². The zero-order valence-electron chi connectivity index (χ0n) is 13.8. The van der Waals surface area contributed by atoms with Gasteiger partial charge < -0.3 is 9.15 Å². The summed E-state index contributed by atoms with van der Waals surface area (Å²) in [5.74, 6) is 1.35. The third-order valence-electron chi connectivity index (χ3n) is 4.09. The van der Waals surface area contributed by atoms with E-state index in [-0.39, 0.29) is 5.63 Å². The monoisotopic (exact) mass is 362 g/mol. The van der Waals surface area contributed by atoms with Crippen LogP contribution >= 0.6 is 11.6 Å². The summed E-state index contributed by atoms with van der Waals surface area (Å²) in [6, 6.07) is 24.1. The lowest BCUT2D eigenvalue weighted by molar-refractivity contribution is 0.480. The molecule has 0 aliphatic rings. The summed E-state index contributed by atoms with van der Waals surface area (Å²) < 4.78 is 11.2. The van der Waals surface area contributed by atoms with Gasteiger partial charge in [0.25, 0.3) is 0 Å². The van der Waals surface area contributed by atoms with Crippen LogP contribution in [-0.2, 0) is 6.42 Å². The summed E-state index contributed by atoms with van der Waals surface area (Å²) in [5.41, 5.74) is 2.11. The fourth-order valence-electron chi connectivity index (χ4n) is 2.87. The van der Waals surface area contributed by atoms with Gasteiger partial charge in [0, 0.05) is 22.5 Å². The van der Waals surface area contributed by atoms with Crippen molar-refractivity contribution in [2.45, 2.75) is 6.42 Å². The first kappa shape index (κ1) is 16.4. The van der Waals surface area contributed by atoms with Gasteiger partial charge in [-0.25, -0.2) is 4.79 Å². The Morgan fingerprint density at radius 2 is 1.62 bits per heavy atom. The van der Waals surface area contributed by atoms with Crippen molar-refractivity contribution >= 4 is 22.6 Å². The number of fused-ring (bicyclic) bond motifs is 1. The van der Waals surface area contributed by atoms with Gasteiger partial charge in [0.1, 0.15) is 17.1 Å². The summed E-state index contributed by atoms with van der Waals surface area (Å²) in [5, 5.41) is 1.58. The molecule has 0 spiro atoms. The number of ether oxygens (including phenoxy) is 1. The molecule has 0 bridgehead atoms. The van der Waals surface area contributed by atoms with Crippen molar-refractivity contribution in [3.63, 3.8) is 0 Å². The summed E-state index contributed by atoms with van der Waals surface area (Å²) in [7, 11) is 0. The molecule has 3 nitrogen and oxygen atoms in total. The van der Waals surface area contributed by atoms with Gasteiger partial charge in [-0.3, -0.25) is 0 Å². The number of para-hydroxylation sites is 1. The van der Waals surface area contributed by atoms with E-state index in [4.69, 9.17) is 20.8 Å². The predicted octanol–water partition coefficient (Wildman–Crippen LogP) is 5.83. The molecule has 0 amide bonds. The fraction of sp³-hybridized carbons (Fsp3) is 0.0455. The number of hydrogen-bond acceptors (Lipinski definition) is 3. The minimum Gasteiger partial charge on any atom is -0.457 e. The second-order valence-corrected chi connectivity index (χ2v) is 6.40. The first-order chi connectivity index (χ1) is 12.7. The van der Waals surface area contributed by atoms with Crippen molar-refractivity contribution in [1.29, 1.82) is 0 Å². The molecule has 128 valence electrons. The van der Waals surface area contributed by atoms with Crippen LogP contribution in [0, 0.1) is 0 Å². The maximum atomic E-state index is 12.0. The average molecular weight is 363 g/mol. The molecule has 0 N–H and O–H groups in total. The highest BCUT2D eigenvalue weighted by Gasteiger charge is 2.09. The average Bonchev–Trinajstić information content (AvgIpc) is 2.64. The molecule has 0 saturated heterocycles. The summed E-state index contributed by atoms with van der Waals surface area (Å²) in [6.45, 7) is 0. The first-order valence-corrected chi connectivity index (χ1v) is 8.59. The van der Waals surface area contributed by atoms with Crippen LogP contribution in [0.3, 0.4) is 0 Å². The lowest BCUT2D eigenvalue weighted by atomic mass is 10.0. The molecule has 0 unspecified atom stereocenters. The second kappa shape index (κ2) is 7.06. The minimum atomic E-state index is -0.377. The van der Waals surface area contributed by atoms with E-state index in [1.165, 1.54) is 6.07 Å².